The van der Waals surface area contributed by atoms with Crippen LogP contribution in [0.5, 0.6) is 0 Å². The first kappa shape index (κ1) is 11.7. The van der Waals surface area contributed by atoms with Crippen molar-refractivity contribution in [2.75, 3.05) is 0 Å². The molecule has 0 saturated carbocycles. The lowest BCUT2D eigenvalue weighted by Crippen LogP contribution is -1.78. The lowest BCUT2D eigenvalue weighted by molar-refractivity contribution is 0.586. The summed E-state index contributed by atoms with van der Waals surface area (Å²) in [6.07, 6.45) is 0. The van der Waals surface area contributed by atoms with Gasteiger partial charge in [-0.2, -0.15) is 0 Å². The normalized spacial score (nSPS) is 10.8. The summed E-state index contributed by atoms with van der Waals surface area (Å²) < 4.78 is 5.60. The van der Waals surface area contributed by atoms with Gasteiger partial charge in [-0.15, -0.1) is 21.5 Å². The molecule has 1 aromatic carbocycles. The number of hydrogen-bond donors (Lipinski definition) is 0. The molecule has 3 aromatic rings. The molecule has 0 radical (unpaired) electrons. The fraction of sp³-hybridized carbons (Fsp3) is 0. The van der Waals surface area contributed by atoms with Gasteiger partial charge in [0.15, 0.2) is 0 Å². The largest absolute Gasteiger partial charge is 0.415 e. The first-order valence-corrected chi connectivity index (χ1v) is 6.70. The van der Waals surface area contributed by atoms with Crippen LogP contribution < -0.4 is 0 Å². The molecule has 2 heterocycles. The van der Waals surface area contributed by atoms with Crippen molar-refractivity contribution in [3.8, 4) is 22.2 Å². The summed E-state index contributed by atoms with van der Waals surface area (Å²) >= 11 is 13.4. The van der Waals surface area contributed by atoms with Gasteiger partial charge in [0.2, 0.25) is 5.89 Å². The standard InChI is InChI=1S/C12H6Cl2N2OS/c13-8-4-3-7(6-9(8)14)11-15-16-12(17-11)10-2-1-5-18-10/h1-6H. The van der Waals surface area contributed by atoms with Gasteiger partial charge in [-0.3, -0.25) is 0 Å². The second-order valence-electron chi connectivity index (χ2n) is 3.52. The van der Waals surface area contributed by atoms with Crippen molar-refractivity contribution < 1.29 is 4.42 Å². The van der Waals surface area contributed by atoms with Crippen LogP contribution >= 0.6 is 34.5 Å². The van der Waals surface area contributed by atoms with E-state index in [0.29, 0.717) is 21.8 Å². The number of hydrogen-bond acceptors (Lipinski definition) is 4. The van der Waals surface area contributed by atoms with Gasteiger partial charge >= 0.3 is 0 Å². The highest BCUT2D eigenvalue weighted by Gasteiger charge is 2.12. The number of halogens is 2. The smallest absolute Gasteiger partial charge is 0.258 e. The predicted molar refractivity (Wildman–Crippen MR) is 73.1 cm³/mol. The maximum atomic E-state index is 5.95. The fourth-order valence-corrected chi connectivity index (χ4v) is 2.41. The van der Waals surface area contributed by atoms with Gasteiger partial charge in [0.25, 0.3) is 5.89 Å². The molecule has 0 amide bonds. The lowest BCUT2D eigenvalue weighted by Gasteiger charge is -1.97. The Hall–Kier alpha value is -1.36. The van der Waals surface area contributed by atoms with E-state index in [-0.39, 0.29) is 0 Å². The van der Waals surface area contributed by atoms with Crippen molar-refractivity contribution in [3.05, 3.63) is 45.8 Å². The van der Waals surface area contributed by atoms with E-state index in [2.05, 4.69) is 10.2 Å². The first-order valence-electron chi connectivity index (χ1n) is 5.07. The topological polar surface area (TPSA) is 38.9 Å². The molecule has 18 heavy (non-hydrogen) atoms. The molecule has 0 unspecified atom stereocenters. The van der Waals surface area contributed by atoms with Gasteiger partial charge in [-0.1, -0.05) is 29.3 Å². The van der Waals surface area contributed by atoms with Crippen molar-refractivity contribution >= 4 is 34.5 Å². The summed E-state index contributed by atoms with van der Waals surface area (Å²) in [7, 11) is 0. The van der Waals surface area contributed by atoms with Gasteiger partial charge in [0, 0.05) is 5.56 Å². The third-order valence-corrected chi connectivity index (χ3v) is 3.92. The molecule has 0 aliphatic carbocycles. The molecule has 0 N–H and O–H groups in total. The summed E-state index contributed by atoms with van der Waals surface area (Å²) in [6.45, 7) is 0. The summed E-state index contributed by atoms with van der Waals surface area (Å²) in [5.41, 5.74) is 0.750. The molecular formula is C12H6Cl2N2OS. The van der Waals surface area contributed by atoms with E-state index >= 15 is 0 Å². The lowest BCUT2D eigenvalue weighted by atomic mass is 10.2. The van der Waals surface area contributed by atoms with Crippen LogP contribution in [0.4, 0.5) is 0 Å². The highest BCUT2D eigenvalue weighted by molar-refractivity contribution is 7.13. The number of nitrogens with zero attached hydrogens (tertiary/aromatic N) is 2. The Balaban J connectivity index is 2.00. The number of benzene rings is 1. The van der Waals surface area contributed by atoms with E-state index in [1.165, 1.54) is 0 Å². The Morgan fingerprint density at radius 1 is 1.00 bits per heavy atom. The summed E-state index contributed by atoms with van der Waals surface area (Å²) in [6, 6.07) is 9.06. The maximum Gasteiger partial charge on any atom is 0.258 e. The first-order chi connectivity index (χ1) is 8.74. The minimum atomic E-state index is 0.428. The second-order valence-corrected chi connectivity index (χ2v) is 5.28. The van der Waals surface area contributed by atoms with Gasteiger partial charge in [-0.25, -0.2) is 0 Å². The number of aromatic nitrogens is 2. The zero-order valence-corrected chi connectivity index (χ0v) is 11.3. The maximum absolute atomic E-state index is 5.95. The van der Waals surface area contributed by atoms with Crippen LogP contribution in [-0.2, 0) is 0 Å². The molecule has 0 saturated heterocycles. The van der Waals surface area contributed by atoms with Gasteiger partial charge in [0.05, 0.1) is 14.9 Å². The second kappa shape index (κ2) is 4.72. The van der Waals surface area contributed by atoms with Crippen LogP contribution in [0.2, 0.25) is 10.0 Å². The monoisotopic (exact) mass is 296 g/mol. The van der Waals surface area contributed by atoms with Crippen molar-refractivity contribution in [1.29, 1.82) is 0 Å². The summed E-state index contributed by atoms with van der Waals surface area (Å²) in [4.78, 5) is 0.939. The van der Waals surface area contributed by atoms with Crippen molar-refractivity contribution in [1.82, 2.24) is 10.2 Å². The van der Waals surface area contributed by atoms with E-state index in [9.17, 15) is 0 Å². The summed E-state index contributed by atoms with van der Waals surface area (Å²) in [5.74, 6) is 0.933. The molecule has 6 heteroatoms. The van der Waals surface area contributed by atoms with Crippen LogP contribution in [-0.4, -0.2) is 10.2 Å². The van der Waals surface area contributed by atoms with E-state index < -0.39 is 0 Å². The molecular weight excluding hydrogens is 291 g/mol. The number of rotatable bonds is 2. The van der Waals surface area contributed by atoms with Crippen molar-refractivity contribution in [3.63, 3.8) is 0 Å². The van der Waals surface area contributed by atoms with Crippen LogP contribution in [0.15, 0.2) is 40.1 Å². The molecule has 90 valence electrons. The van der Waals surface area contributed by atoms with Gasteiger partial charge in [-0.05, 0) is 29.6 Å². The van der Waals surface area contributed by atoms with E-state index in [0.717, 1.165) is 10.4 Å². The highest BCUT2D eigenvalue weighted by atomic mass is 35.5. The molecule has 0 spiro atoms. The predicted octanol–water partition coefficient (Wildman–Crippen LogP) is 4.77. The molecule has 0 aliphatic heterocycles. The molecule has 3 nitrogen and oxygen atoms in total. The summed E-state index contributed by atoms with van der Waals surface area (Å²) in [5, 5.41) is 10.9. The quantitative estimate of drug-likeness (QED) is 0.683. The Bertz CT molecular complexity index is 679. The van der Waals surface area contributed by atoms with E-state index in [1.807, 2.05) is 17.5 Å². The van der Waals surface area contributed by atoms with Crippen LogP contribution in [0.25, 0.3) is 22.2 Å². The zero-order chi connectivity index (χ0) is 12.5. The van der Waals surface area contributed by atoms with E-state index in [4.69, 9.17) is 27.6 Å². The highest BCUT2D eigenvalue weighted by Crippen LogP contribution is 2.30. The zero-order valence-electron chi connectivity index (χ0n) is 8.93. The van der Waals surface area contributed by atoms with Gasteiger partial charge in [0.1, 0.15) is 0 Å². The minimum Gasteiger partial charge on any atom is -0.415 e. The Morgan fingerprint density at radius 2 is 1.83 bits per heavy atom. The van der Waals surface area contributed by atoms with Crippen molar-refractivity contribution in [2.24, 2.45) is 0 Å². The molecule has 0 atom stereocenters. The van der Waals surface area contributed by atoms with Gasteiger partial charge < -0.3 is 4.42 Å². The van der Waals surface area contributed by atoms with Crippen LogP contribution in [0, 0.1) is 0 Å². The van der Waals surface area contributed by atoms with Crippen molar-refractivity contribution in [2.45, 2.75) is 0 Å². The SMILES string of the molecule is Clc1ccc(-c2nnc(-c3cccs3)o2)cc1Cl. The molecule has 2 aromatic heterocycles. The Kier molecular flexibility index (Phi) is 3.07. The third-order valence-electron chi connectivity index (χ3n) is 2.32. The van der Waals surface area contributed by atoms with Crippen LogP contribution in [0.3, 0.4) is 0 Å². The average molecular weight is 297 g/mol. The Labute approximate surface area is 117 Å². The molecule has 0 fully saturated rings. The Morgan fingerprint density at radius 3 is 2.56 bits per heavy atom. The average Bonchev–Trinajstić information content (AvgIpc) is 3.01. The number of thiophene rings is 1. The fourth-order valence-electron chi connectivity index (χ4n) is 1.47. The van der Waals surface area contributed by atoms with Crippen LogP contribution in [0.1, 0.15) is 0 Å². The molecule has 3 rings (SSSR count). The minimum absolute atomic E-state index is 0.428. The van der Waals surface area contributed by atoms with E-state index in [1.54, 1.807) is 29.5 Å². The third kappa shape index (κ3) is 2.14. The molecule has 0 bridgehead atoms. The molecule has 0 aliphatic rings.